The van der Waals surface area contributed by atoms with Crippen LogP contribution in [0.1, 0.15) is 23.6 Å². The minimum absolute atomic E-state index is 0.00182. The van der Waals surface area contributed by atoms with E-state index in [0.717, 1.165) is 5.56 Å². The van der Waals surface area contributed by atoms with Gasteiger partial charge in [-0.25, -0.2) is 0 Å². The van der Waals surface area contributed by atoms with Gasteiger partial charge in [0.15, 0.2) is 0 Å². The first kappa shape index (κ1) is 15.9. The van der Waals surface area contributed by atoms with Gasteiger partial charge in [-0.05, 0) is 11.6 Å². The Morgan fingerprint density at radius 2 is 1.95 bits per heavy atom. The third kappa shape index (κ3) is 4.23. The number of nitrogens with two attached hydrogens (primary N) is 1. The zero-order valence-corrected chi connectivity index (χ0v) is 12.4. The van der Waals surface area contributed by atoms with Crippen LogP contribution in [-0.4, -0.2) is 18.2 Å². The van der Waals surface area contributed by atoms with Crippen LogP contribution in [0.2, 0.25) is 0 Å². The van der Waals surface area contributed by atoms with Crippen LogP contribution in [0.3, 0.4) is 0 Å². The lowest BCUT2D eigenvalue weighted by Gasteiger charge is -2.14. The summed E-state index contributed by atoms with van der Waals surface area (Å²) in [5, 5.41) is 10.0. The predicted octanol–water partition coefficient (Wildman–Crippen LogP) is 2.53. The van der Waals surface area contributed by atoms with Gasteiger partial charge in [0.05, 0.1) is 13.5 Å². The maximum atomic E-state index is 11.2. The molecule has 0 bridgehead atoms. The first-order valence-electron chi connectivity index (χ1n) is 6.92. The van der Waals surface area contributed by atoms with Gasteiger partial charge in [-0.15, -0.1) is 0 Å². The summed E-state index contributed by atoms with van der Waals surface area (Å²) in [7, 11) is 1.30. The molecule has 116 valence electrons. The van der Waals surface area contributed by atoms with Crippen LogP contribution in [-0.2, 0) is 16.1 Å². The molecule has 22 heavy (non-hydrogen) atoms. The van der Waals surface area contributed by atoms with E-state index in [9.17, 15) is 9.90 Å². The Kier molecular flexibility index (Phi) is 5.38. The van der Waals surface area contributed by atoms with Crippen LogP contribution in [0.25, 0.3) is 0 Å². The number of hydrogen-bond acceptors (Lipinski definition) is 5. The Morgan fingerprint density at radius 1 is 1.23 bits per heavy atom. The number of ether oxygens (including phenoxy) is 2. The molecule has 2 aromatic carbocycles. The topological polar surface area (TPSA) is 81.8 Å². The molecule has 0 aliphatic rings. The summed E-state index contributed by atoms with van der Waals surface area (Å²) in [6.45, 7) is 0.411. The van der Waals surface area contributed by atoms with Crippen molar-refractivity contribution in [3.63, 3.8) is 0 Å². The van der Waals surface area contributed by atoms with Crippen LogP contribution >= 0.6 is 0 Å². The van der Waals surface area contributed by atoms with Crippen molar-refractivity contribution in [3.8, 4) is 11.5 Å². The summed E-state index contributed by atoms with van der Waals surface area (Å²) in [6.07, 6.45) is 0.00821. The van der Waals surface area contributed by atoms with Crippen LogP contribution in [0.4, 0.5) is 0 Å². The second-order valence-electron chi connectivity index (χ2n) is 4.88. The minimum atomic E-state index is -0.615. The predicted molar refractivity (Wildman–Crippen MR) is 82.4 cm³/mol. The quantitative estimate of drug-likeness (QED) is 0.801. The van der Waals surface area contributed by atoms with Crippen molar-refractivity contribution in [2.45, 2.75) is 19.1 Å². The molecule has 3 N–H and O–H groups in total. The molecular weight excluding hydrogens is 282 g/mol. The number of phenolic OH excluding ortho intramolecular Hbond substituents is 1. The molecule has 1 atom stereocenters. The molecule has 2 rings (SSSR count). The molecule has 5 nitrogen and oxygen atoms in total. The highest BCUT2D eigenvalue weighted by atomic mass is 16.5. The molecule has 0 radical (unpaired) electrons. The van der Waals surface area contributed by atoms with Gasteiger partial charge in [-0.1, -0.05) is 36.4 Å². The molecule has 0 aromatic heterocycles. The van der Waals surface area contributed by atoms with Gasteiger partial charge in [0.25, 0.3) is 0 Å². The minimum Gasteiger partial charge on any atom is -0.507 e. The van der Waals surface area contributed by atoms with E-state index >= 15 is 0 Å². The van der Waals surface area contributed by atoms with Crippen molar-refractivity contribution in [3.05, 3.63) is 59.7 Å². The highest BCUT2D eigenvalue weighted by Crippen LogP contribution is 2.29. The zero-order chi connectivity index (χ0) is 15.9. The fourth-order valence-corrected chi connectivity index (χ4v) is 2.04. The molecule has 0 aliphatic heterocycles. The lowest BCUT2D eigenvalue weighted by molar-refractivity contribution is -0.141. The average molecular weight is 301 g/mol. The average Bonchev–Trinajstić information content (AvgIpc) is 2.53. The summed E-state index contributed by atoms with van der Waals surface area (Å²) >= 11 is 0. The lowest BCUT2D eigenvalue weighted by atomic mass is 10.0. The molecule has 0 saturated heterocycles. The summed E-state index contributed by atoms with van der Waals surface area (Å²) in [4.78, 5) is 11.2. The molecule has 0 aliphatic carbocycles. The van der Waals surface area contributed by atoms with Gasteiger partial charge in [-0.3, -0.25) is 4.79 Å². The Hall–Kier alpha value is -2.53. The van der Waals surface area contributed by atoms with E-state index < -0.39 is 12.0 Å². The number of carbonyl (C=O) groups excluding carboxylic acids is 1. The first-order valence-corrected chi connectivity index (χ1v) is 6.92. The van der Waals surface area contributed by atoms with E-state index in [1.54, 1.807) is 12.1 Å². The van der Waals surface area contributed by atoms with Crippen LogP contribution in [0.15, 0.2) is 48.5 Å². The fourth-order valence-electron chi connectivity index (χ4n) is 2.04. The van der Waals surface area contributed by atoms with Crippen molar-refractivity contribution in [1.29, 1.82) is 0 Å². The zero-order valence-electron chi connectivity index (χ0n) is 12.4. The van der Waals surface area contributed by atoms with Gasteiger partial charge < -0.3 is 20.3 Å². The lowest BCUT2D eigenvalue weighted by Crippen LogP contribution is -2.16. The largest absolute Gasteiger partial charge is 0.507 e. The smallest absolute Gasteiger partial charge is 0.307 e. The second kappa shape index (κ2) is 7.47. The Bertz CT molecular complexity index is 628. The maximum Gasteiger partial charge on any atom is 0.307 e. The summed E-state index contributed by atoms with van der Waals surface area (Å²) in [6, 6.07) is 14.0. The molecule has 0 saturated carbocycles. The van der Waals surface area contributed by atoms with Crippen molar-refractivity contribution in [1.82, 2.24) is 0 Å². The standard InChI is InChI=1S/C17H19NO4/c1-21-17(20)10-15(18)14-8-7-13(9-16(14)19)22-11-12-5-3-2-4-6-12/h2-9,15,19H,10-11,18H2,1H3/t15-/m0/s1. The van der Waals surface area contributed by atoms with Gasteiger partial charge in [0, 0.05) is 17.7 Å². The number of hydrogen-bond donors (Lipinski definition) is 2. The number of carbonyl (C=O) groups is 1. The van der Waals surface area contributed by atoms with Crippen LogP contribution in [0, 0.1) is 0 Å². The third-order valence-corrected chi connectivity index (χ3v) is 3.26. The summed E-state index contributed by atoms with van der Waals surface area (Å²) in [5.41, 5.74) is 7.41. The van der Waals surface area contributed by atoms with Crippen LogP contribution in [0.5, 0.6) is 11.5 Å². The van der Waals surface area contributed by atoms with E-state index in [1.165, 1.54) is 13.2 Å². The van der Waals surface area contributed by atoms with E-state index in [4.69, 9.17) is 10.5 Å². The molecule has 2 aromatic rings. The maximum absolute atomic E-state index is 11.2. The van der Waals surface area contributed by atoms with Gasteiger partial charge >= 0.3 is 5.97 Å². The van der Waals surface area contributed by atoms with Gasteiger partial charge in [-0.2, -0.15) is 0 Å². The molecular formula is C17H19NO4. The van der Waals surface area contributed by atoms with Crippen molar-refractivity contribution in [2.75, 3.05) is 7.11 Å². The molecule has 0 fully saturated rings. The summed E-state index contributed by atoms with van der Waals surface area (Å²) in [5.74, 6) is 0.119. The van der Waals surface area contributed by atoms with Gasteiger partial charge in [0.1, 0.15) is 18.1 Å². The monoisotopic (exact) mass is 301 g/mol. The molecule has 0 heterocycles. The fraction of sp³-hybridized carbons (Fsp3) is 0.235. The number of phenols is 1. The highest BCUT2D eigenvalue weighted by molar-refractivity contribution is 5.70. The number of methoxy groups -OCH3 is 1. The number of esters is 1. The van der Waals surface area contributed by atoms with E-state index in [1.807, 2.05) is 30.3 Å². The molecule has 0 unspecified atom stereocenters. The van der Waals surface area contributed by atoms with Gasteiger partial charge in [0.2, 0.25) is 0 Å². The second-order valence-corrected chi connectivity index (χ2v) is 4.88. The highest BCUT2D eigenvalue weighted by Gasteiger charge is 2.16. The number of aromatic hydroxyl groups is 1. The SMILES string of the molecule is COC(=O)C[C@H](N)c1ccc(OCc2ccccc2)cc1O. The van der Waals surface area contributed by atoms with E-state index in [0.29, 0.717) is 17.9 Å². The molecule has 5 heteroatoms. The van der Waals surface area contributed by atoms with Crippen molar-refractivity contribution < 1.29 is 19.4 Å². The molecule has 0 amide bonds. The van der Waals surface area contributed by atoms with E-state index in [2.05, 4.69) is 4.74 Å². The van der Waals surface area contributed by atoms with Crippen molar-refractivity contribution in [2.24, 2.45) is 5.73 Å². The Labute approximate surface area is 129 Å². The molecule has 0 spiro atoms. The van der Waals surface area contributed by atoms with Crippen molar-refractivity contribution >= 4 is 5.97 Å². The first-order chi connectivity index (χ1) is 10.6. The Morgan fingerprint density at radius 3 is 2.59 bits per heavy atom. The number of rotatable bonds is 6. The van der Waals surface area contributed by atoms with Crippen LogP contribution < -0.4 is 10.5 Å². The number of benzene rings is 2. The Balaban J connectivity index is 2.01. The summed E-state index contributed by atoms with van der Waals surface area (Å²) < 4.78 is 10.2. The van der Waals surface area contributed by atoms with E-state index in [-0.39, 0.29) is 12.2 Å². The third-order valence-electron chi connectivity index (χ3n) is 3.26. The normalized spacial score (nSPS) is 11.7.